The standard InChI is InChI=1S/C10H5F2S/c11-8-4-3-7(6-9(8)12)10-2-1-5-13-10/h2-6H. The molecule has 65 valence electrons. The molecular formula is C10H5F2S. The summed E-state index contributed by atoms with van der Waals surface area (Å²) in [7, 11) is 0. The second kappa shape index (κ2) is 3.26. The van der Waals surface area contributed by atoms with Gasteiger partial charge in [-0.25, -0.2) is 8.78 Å². The van der Waals surface area contributed by atoms with E-state index in [0.717, 1.165) is 10.9 Å². The number of benzene rings is 1. The van der Waals surface area contributed by atoms with Gasteiger partial charge in [0.15, 0.2) is 11.6 Å². The summed E-state index contributed by atoms with van der Waals surface area (Å²) in [6.07, 6.45) is 0. The molecule has 0 aliphatic carbocycles. The smallest absolute Gasteiger partial charge is 0.159 e. The van der Waals surface area contributed by atoms with E-state index in [1.165, 1.54) is 17.4 Å². The largest absolute Gasteiger partial charge is 0.204 e. The summed E-state index contributed by atoms with van der Waals surface area (Å²) in [5, 5.41) is 1.77. The van der Waals surface area contributed by atoms with Crippen molar-refractivity contribution in [2.75, 3.05) is 0 Å². The van der Waals surface area contributed by atoms with Crippen molar-refractivity contribution >= 4 is 11.3 Å². The van der Waals surface area contributed by atoms with Crippen molar-refractivity contribution < 1.29 is 8.78 Å². The molecule has 0 unspecified atom stereocenters. The monoisotopic (exact) mass is 195 g/mol. The number of hydrogen-bond acceptors (Lipinski definition) is 1. The summed E-state index contributed by atoms with van der Waals surface area (Å²) in [5.74, 6) is -1.63. The van der Waals surface area contributed by atoms with Gasteiger partial charge in [0, 0.05) is 4.88 Å². The first kappa shape index (κ1) is 8.38. The second-order valence-corrected chi connectivity index (χ2v) is 3.45. The van der Waals surface area contributed by atoms with Crippen molar-refractivity contribution in [3.05, 3.63) is 47.3 Å². The van der Waals surface area contributed by atoms with Gasteiger partial charge in [-0.05, 0) is 35.2 Å². The summed E-state index contributed by atoms with van der Waals surface area (Å²) in [6.45, 7) is 0. The Morgan fingerprint density at radius 1 is 1.15 bits per heavy atom. The molecule has 0 bridgehead atoms. The molecule has 0 fully saturated rings. The van der Waals surface area contributed by atoms with Crippen LogP contribution in [0.3, 0.4) is 0 Å². The van der Waals surface area contributed by atoms with E-state index in [0.29, 0.717) is 5.56 Å². The Morgan fingerprint density at radius 3 is 2.62 bits per heavy atom. The highest BCUT2D eigenvalue weighted by molar-refractivity contribution is 7.13. The van der Waals surface area contributed by atoms with E-state index in [2.05, 4.69) is 6.07 Å². The average molecular weight is 195 g/mol. The zero-order chi connectivity index (χ0) is 9.26. The molecule has 0 aliphatic rings. The Kier molecular flexibility index (Phi) is 2.10. The lowest BCUT2D eigenvalue weighted by Crippen LogP contribution is -1.83. The highest BCUT2D eigenvalue weighted by Gasteiger charge is 2.04. The number of rotatable bonds is 1. The summed E-state index contributed by atoms with van der Waals surface area (Å²) >= 11 is 1.45. The van der Waals surface area contributed by atoms with E-state index in [1.807, 2.05) is 0 Å². The summed E-state index contributed by atoms with van der Waals surface area (Å²) in [4.78, 5) is 0.888. The van der Waals surface area contributed by atoms with Crippen LogP contribution in [0.2, 0.25) is 0 Å². The molecule has 1 radical (unpaired) electrons. The molecule has 2 rings (SSSR count). The Bertz CT molecular complexity index is 407. The minimum Gasteiger partial charge on any atom is -0.204 e. The van der Waals surface area contributed by atoms with Gasteiger partial charge < -0.3 is 0 Å². The molecule has 1 aromatic heterocycles. The zero-order valence-corrected chi connectivity index (χ0v) is 7.37. The second-order valence-electron chi connectivity index (χ2n) is 2.54. The molecule has 0 atom stereocenters. The summed E-state index contributed by atoms with van der Waals surface area (Å²) < 4.78 is 25.4. The van der Waals surface area contributed by atoms with E-state index < -0.39 is 11.6 Å². The van der Waals surface area contributed by atoms with Gasteiger partial charge >= 0.3 is 0 Å². The number of halogens is 2. The molecule has 1 heterocycles. The molecular weight excluding hydrogens is 190 g/mol. The van der Waals surface area contributed by atoms with Crippen LogP contribution in [0.25, 0.3) is 10.4 Å². The Hall–Kier alpha value is -1.22. The third kappa shape index (κ3) is 1.60. The lowest BCUT2D eigenvalue weighted by molar-refractivity contribution is 0.509. The van der Waals surface area contributed by atoms with Crippen LogP contribution in [0, 0.1) is 17.7 Å². The van der Waals surface area contributed by atoms with Gasteiger partial charge in [-0.3, -0.25) is 0 Å². The number of thiophene rings is 1. The van der Waals surface area contributed by atoms with Crippen LogP contribution in [0.5, 0.6) is 0 Å². The summed E-state index contributed by atoms with van der Waals surface area (Å²) in [5.41, 5.74) is 0.685. The fraction of sp³-hybridized carbons (Fsp3) is 0. The van der Waals surface area contributed by atoms with Crippen LogP contribution in [-0.2, 0) is 0 Å². The molecule has 1 aromatic carbocycles. The predicted octanol–water partition coefficient (Wildman–Crippen LogP) is 3.49. The minimum atomic E-state index is -0.815. The van der Waals surface area contributed by atoms with Crippen molar-refractivity contribution in [1.29, 1.82) is 0 Å². The van der Waals surface area contributed by atoms with Crippen molar-refractivity contribution in [2.45, 2.75) is 0 Å². The third-order valence-electron chi connectivity index (χ3n) is 1.67. The van der Waals surface area contributed by atoms with Gasteiger partial charge in [0.1, 0.15) is 0 Å². The molecule has 2 aromatic rings. The first-order chi connectivity index (χ1) is 6.27. The maximum Gasteiger partial charge on any atom is 0.159 e. The normalized spacial score (nSPS) is 10.3. The quantitative estimate of drug-likeness (QED) is 0.653. The molecule has 13 heavy (non-hydrogen) atoms. The van der Waals surface area contributed by atoms with Gasteiger partial charge in [-0.2, -0.15) is 0 Å². The zero-order valence-electron chi connectivity index (χ0n) is 6.55. The van der Waals surface area contributed by atoms with Crippen LogP contribution in [-0.4, -0.2) is 0 Å². The first-order valence-corrected chi connectivity index (χ1v) is 4.55. The van der Waals surface area contributed by atoms with Crippen LogP contribution in [0.1, 0.15) is 0 Å². The molecule has 0 saturated carbocycles. The van der Waals surface area contributed by atoms with Crippen molar-refractivity contribution in [2.24, 2.45) is 0 Å². The van der Waals surface area contributed by atoms with E-state index in [4.69, 9.17) is 0 Å². The highest BCUT2D eigenvalue weighted by Crippen LogP contribution is 2.25. The SMILES string of the molecule is Fc1ccc(-c2c[c]cs2)cc1F. The van der Waals surface area contributed by atoms with Gasteiger partial charge in [0.2, 0.25) is 0 Å². The van der Waals surface area contributed by atoms with Crippen LogP contribution >= 0.6 is 11.3 Å². The van der Waals surface area contributed by atoms with E-state index in [-0.39, 0.29) is 0 Å². The fourth-order valence-corrected chi connectivity index (χ4v) is 1.70. The molecule has 0 spiro atoms. The van der Waals surface area contributed by atoms with Crippen molar-refractivity contribution in [3.63, 3.8) is 0 Å². The third-order valence-corrected chi connectivity index (χ3v) is 2.53. The minimum absolute atomic E-state index is 0.685. The topological polar surface area (TPSA) is 0 Å². The summed E-state index contributed by atoms with van der Waals surface area (Å²) in [6, 6.07) is 8.48. The molecule has 0 N–H and O–H groups in total. The van der Waals surface area contributed by atoms with Gasteiger partial charge in [-0.15, -0.1) is 11.3 Å². The lowest BCUT2D eigenvalue weighted by Gasteiger charge is -1.97. The Balaban J connectivity index is 2.49. The lowest BCUT2D eigenvalue weighted by atomic mass is 10.2. The molecule has 0 aliphatic heterocycles. The maximum atomic E-state index is 12.8. The Morgan fingerprint density at radius 2 is 2.00 bits per heavy atom. The number of hydrogen-bond donors (Lipinski definition) is 0. The van der Waals surface area contributed by atoms with E-state index in [1.54, 1.807) is 17.5 Å². The van der Waals surface area contributed by atoms with Crippen LogP contribution < -0.4 is 0 Å². The molecule has 0 amide bonds. The van der Waals surface area contributed by atoms with Gasteiger partial charge in [0.05, 0.1) is 0 Å². The Labute approximate surface area is 78.5 Å². The van der Waals surface area contributed by atoms with Gasteiger partial charge in [-0.1, -0.05) is 6.07 Å². The van der Waals surface area contributed by atoms with Crippen molar-refractivity contribution in [1.82, 2.24) is 0 Å². The van der Waals surface area contributed by atoms with E-state index in [9.17, 15) is 8.78 Å². The van der Waals surface area contributed by atoms with Crippen LogP contribution in [0.15, 0.2) is 29.6 Å². The van der Waals surface area contributed by atoms with Gasteiger partial charge in [0.25, 0.3) is 0 Å². The van der Waals surface area contributed by atoms with Crippen LogP contribution in [0.4, 0.5) is 8.78 Å². The maximum absolute atomic E-state index is 12.8. The van der Waals surface area contributed by atoms with Crippen molar-refractivity contribution in [3.8, 4) is 10.4 Å². The fourth-order valence-electron chi connectivity index (χ4n) is 1.04. The predicted molar refractivity (Wildman–Crippen MR) is 48.5 cm³/mol. The van der Waals surface area contributed by atoms with E-state index >= 15 is 0 Å². The molecule has 0 nitrogen and oxygen atoms in total. The molecule has 0 saturated heterocycles. The first-order valence-electron chi connectivity index (χ1n) is 3.67. The molecule has 3 heteroatoms. The highest BCUT2D eigenvalue weighted by atomic mass is 32.1. The average Bonchev–Trinajstić information content (AvgIpc) is 2.62.